The second-order valence-electron chi connectivity index (χ2n) is 11.7. The fourth-order valence-electron chi connectivity index (χ4n) is 6.33. The van der Waals surface area contributed by atoms with E-state index in [0.29, 0.717) is 13.0 Å². The van der Waals surface area contributed by atoms with Gasteiger partial charge in [-0.15, -0.1) is 0 Å². The molecule has 2 atom stereocenters. The number of unbranched alkanes of at least 4 members (excludes halogenated alkanes) is 1. The number of para-hydroxylation sites is 1. The Hall–Kier alpha value is -4.46. The van der Waals surface area contributed by atoms with E-state index in [9.17, 15) is 35.9 Å². The van der Waals surface area contributed by atoms with Crippen molar-refractivity contribution in [1.82, 2.24) is 0 Å². The summed E-state index contributed by atoms with van der Waals surface area (Å²) in [7, 11) is 2.36. The number of rotatable bonds is 7. The number of methoxy groups -OCH3 is 2. The molecular formula is C35H33F6N3O4S. The molecule has 1 saturated heterocycles. The van der Waals surface area contributed by atoms with Crippen molar-refractivity contribution in [3.05, 3.63) is 95.2 Å². The highest BCUT2D eigenvalue weighted by molar-refractivity contribution is 8.01. The van der Waals surface area contributed by atoms with Crippen molar-refractivity contribution in [2.45, 2.75) is 55.7 Å². The van der Waals surface area contributed by atoms with Crippen LogP contribution in [0.4, 0.5) is 43.4 Å². The molecule has 0 amide bonds. The summed E-state index contributed by atoms with van der Waals surface area (Å²) in [5, 5.41) is 0. The Balaban J connectivity index is 1.94. The first-order chi connectivity index (χ1) is 23.1. The first kappa shape index (κ1) is 35.8. The second-order valence-corrected chi connectivity index (χ2v) is 12.9. The lowest BCUT2D eigenvalue weighted by atomic mass is 9.79. The van der Waals surface area contributed by atoms with Gasteiger partial charge in [0.05, 0.1) is 48.0 Å². The van der Waals surface area contributed by atoms with Gasteiger partial charge in [-0.1, -0.05) is 37.2 Å². The molecule has 0 unspecified atom stereocenters. The van der Waals surface area contributed by atoms with Gasteiger partial charge in [0.25, 0.3) is 0 Å². The van der Waals surface area contributed by atoms with Crippen LogP contribution in [-0.4, -0.2) is 43.4 Å². The van der Waals surface area contributed by atoms with E-state index in [0.717, 1.165) is 53.4 Å². The van der Waals surface area contributed by atoms with Crippen LogP contribution in [0.5, 0.6) is 0 Å². The number of ether oxygens (including phenoxy) is 2. The summed E-state index contributed by atoms with van der Waals surface area (Å²) in [5.74, 6) is -1.66. The Morgan fingerprint density at radius 3 is 1.96 bits per heavy atom. The maximum absolute atomic E-state index is 14.4. The van der Waals surface area contributed by atoms with Crippen molar-refractivity contribution >= 4 is 46.6 Å². The van der Waals surface area contributed by atoms with Gasteiger partial charge in [-0.2, -0.15) is 26.3 Å². The topological polar surface area (TPSA) is 71.4 Å². The highest BCUT2D eigenvalue weighted by Crippen LogP contribution is 2.67. The summed E-state index contributed by atoms with van der Waals surface area (Å²) >= 11 is 1.25. The Morgan fingerprint density at radius 1 is 0.857 bits per heavy atom. The third-order valence-corrected chi connectivity index (χ3v) is 10.4. The van der Waals surface area contributed by atoms with E-state index < -0.39 is 45.7 Å². The molecule has 260 valence electrons. The van der Waals surface area contributed by atoms with Crippen molar-refractivity contribution in [3.8, 4) is 0 Å². The van der Waals surface area contributed by atoms with Crippen molar-refractivity contribution < 1.29 is 45.4 Å². The molecular weight excluding hydrogens is 672 g/mol. The van der Waals surface area contributed by atoms with Crippen molar-refractivity contribution in [3.63, 3.8) is 0 Å². The molecule has 1 spiro atoms. The number of thioether (sulfide) groups is 1. The highest BCUT2D eigenvalue weighted by atomic mass is 32.2. The van der Waals surface area contributed by atoms with E-state index in [1.165, 1.54) is 49.9 Å². The summed E-state index contributed by atoms with van der Waals surface area (Å²) in [6, 6.07) is 15.4. The molecule has 0 saturated carbocycles. The van der Waals surface area contributed by atoms with Gasteiger partial charge in [-0.3, -0.25) is 9.69 Å². The van der Waals surface area contributed by atoms with Gasteiger partial charge in [0, 0.05) is 17.1 Å². The minimum Gasteiger partial charge on any atom is -0.468 e. The average Bonchev–Trinajstić information content (AvgIpc) is 3.51. The van der Waals surface area contributed by atoms with Gasteiger partial charge in [0.1, 0.15) is 5.84 Å². The van der Waals surface area contributed by atoms with Crippen LogP contribution in [0.15, 0.2) is 94.0 Å². The number of esters is 2. The van der Waals surface area contributed by atoms with E-state index in [1.807, 2.05) is 36.1 Å². The zero-order valence-corrected chi connectivity index (χ0v) is 28.0. The number of fused-ring (bicyclic) bond motifs is 1. The van der Waals surface area contributed by atoms with E-state index in [2.05, 4.69) is 0 Å². The van der Waals surface area contributed by atoms with Crippen LogP contribution < -0.4 is 9.80 Å². The van der Waals surface area contributed by atoms with Crippen LogP contribution in [0.2, 0.25) is 0 Å². The van der Waals surface area contributed by atoms with Gasteiger partial charge in [-0.25, -0.2) is 9.79 Å². The number of benzene rings is 3. The molecule has 0 aliphatic carbocycles. The normalized spacial score (nSPS) is 22.5. The summed E-state index contributed by atoms with van der Waals surface area (Å²) in [5.41, 5.74) is -2.65. The maximum Gasteiger partial charge on any atom is 0.416 e. The van der Waals surface area contributed by atoms with Crippen LogP contribution in [0, 0.1) is 5.41 Å². The van der Waals surface area contributed by atoms with Gasteiger partial charge in [0.2, 0.25) is 0 Å². The lowest BCUT2D eigenvalue weighted by Crippen LogP contribution is -2.59. The van der Waals surface area contributed by atoms with Gasteiger partial charge in [0.15, 0.2) is 10.3 Å². The molecule has 2 aliphatic rings. The second kappa shape index (κ2) is 13.1. The number of amidine groups is 1. The minimum absolute atomic E-state index is 0.0165. The number of aliphatic imine (C=N–C) groups is 1. The Morgan fingerprint density at radius 2 is 1.43 bits per heavy atom. The third kappa shape index (κ3) is 5.93. The summed E-state index contributed by atoms with van der Waals surface area (Å²) in [4.78, 5) is 35.3. The monoisotopic (exact) mass is 705 g/mol. The molecule has 5 rings (SSSR count). The van der Waals surface area contributed by atoms with Crippen molar-refractivity contribution in [2.24, 2.45) is 10.4 Å². The summed E-state index contributed by atoms with van der Waals surface area (Å²) in [6.07, 6.45) is -7.90. The van der Waals surface area contributed by atoms with Crippen molar-refractivity contribution in [1.29, 1.82) is 0 Å². The van der Waals surface area contributed by atoms with E-state index >= 15 is 0 Å². The molecule has 2 heterocycles. The van der Waals surface area contributed by atoms with Crippen LogP contribution >= 0.6 is 11.8 Å². The minimum atomic E-state index is -4.66. The molecule has 0 radical (unpaired) electrons. The molecule has 0 N–H and O–H groups in total. The predicted octanol–water partition coefficient (Wildman–Crippen LogP) is 9.01. The number of hydrogen-bond acceptors (Lipinski definition) is 7. The molecule has 2 aliphatic heterocycles. The SMILES string of the molecule is CCCCN1c2ccccc2S[C@]12/C(=C(/C)C(=O)OC)N(c1ccc(C(F)(F)F)cc1)C(=Nc1ccc(C(F)(F)F)cc1)[C@@]2(C)C(=O)OC. The number of carbonyl (C=O) groups excluding carboxylic acids is 2. The standard InChI is InChI=1S/C35H33F6N3O4S/c1-6-7-20-43-26-10-8-9-11-27(26)49-33(43)28(21(2)29(45)47-4)44(25-18-14-23(15-19-25)35(39,40)41)30(32(33,3)31(46)48-5)42-24-16-12-22(13-17-24)34(36,37)38/h8-19H,6-7,20H2,1-5H3/b28-21+,42-30?/t32-,33-/m0/s1. The molecule has 3 aromatic rings. The zero-order valence-electron chi connectivity index (χ0n) is 27.2. The van der Waals surface area contributed by atoms with Gasteiger partial charge in [-0.05, 0) is 80.9 Å². The number of alkyl halides is 6. The fraction of sp³-hybridized carbons (Fsp3) is 0.343. The average molecular weight is 706 g/mol. The lowest BCUT2D eigenvalue weighted by molar-refractivity contribution is -0.148. The number of anilines is 2. The smallest absolute Gasteiger partial charge is 0.416 e. The molecule has 49 heavy (non-hydrogen) atoms. The molecule has 7 nitrogen and oxygen atoms in total. The highest BCUT2D eigenvalue weighted by Gasteiger charge is 2.73. The predicted molar refractivity (Wildman–Crippen MR) is 175 cm³/mol. The van der Waals surface area contributed by atoms with Crippen molar-refractivity contribution in [2.75, 3.05) is 30.6 Å². The molecule has 3 aromatic carbocycles. The quantitative estimate of drug-likeness (QED) is 0.138. The number of halogens is 6. The number of nitrogens with zero attached hydrogens (tertiary/aromatic N) is 3. The lowest BCUT2D eigenvalue weighted by Gasteiger charge is -2.45. The van der Waals surface area contributed by atoms with E-state index in [-0.39, 0.29) is 28.5 Å². The Kier molecular flexibility index (Phi) is 9.58. The maximum atomic E-state index is 14.4. The molecule has 0 aromatic heterocycles. The van der Waals surface area contributed by atoms with Crippen LogP contribution in [0.1, 0.15) is 44.7 Å². The van der Waals surface area contributed by atoms with Gasteiger partial charge < -0.3 is 14.4 Å². The molecule has 1 fully saturated rings. The molecule has 0 bridgehead atoms. The fourth-order valence-corrected chi connectivity index (χ4v) is 8.09. The first-order valence-electron chi connectivity index (χ1n) is 15.2. The Bertz CT molecular complexity index is 1810. The molecule has 14 heteroatoms. The zero-order chi connectivity index (χ0) is 35.9. The van der Waals surface area contributed by atoms with E-state index in [4.69, 9.17) is 14.5 Å². The van der Waals surface area contributed by atoms with E-state index in [1.54, 1.807) is 6.92 Å². The van der Waals surface area contributed by atoms with Crippen LogP contribution in [0.25, 0.3) is 0 Å². The summed E-state index contributed by atoms with van der Waals surface area (Å²) < 4.78 is 92.2. The first-order valence-corrected chi connectivity index (χ1v) is 16.1. The van der Waals surface area contributed by atoms with Crippen LogP contribution in [0.3, 0.4) is 0 Å². The number of hydrogen-bond donors (Lipinski definition) is 0. The Labute approximate surface area is 283 Å². The summed E-state index contributed by atoms with van der Waals surface area (Å²) in [6.45, 7) is 5.41. The van der Waals surface area contributed by atoms with Crippen LogP contribution in [-0.2, 0) is 31.4 Å². The third-order valence-electron chi connectivity index (χ3n) is 8.73. The number of carbonyl (C=O) groups is 2. The van der Waals surface area contributed by atoms with Gasteiger partial charge >= 0.3 is 24.3 Å². The largest absolute Gasteiger partial charge is 0.468 e.